The molecule has 0 aliphatic rings. The maximum atomic E-state index is 9.75. The third-order valence-electron chi connectivity index (χ3n) is 2.46. The van der Waals surface area contributed by atoms with Crippen molar-refractivity contribution in [2.75, 3.05) is 7.11 Å². The van der Waals surface area contributed by atoms with Gasteiger partial charge in [0, 0.05) is 11.2 Å². The third kappa shape index (κ3) is 3.61. The van der Waals surface area contributed by atoms with E-state index in [0.29, 0.717) is 10.8 Å². The minimum Gasteiger partial charge on any atom is -0.504 e. The molecule has 0 amide bonds. The summed E-state index contributed by atoms with van der Waals surface area (Å²) < 4.78 is 5.82. The molecule has 2 rings (SSSR count). The lowest BCUT2D eigenvalue weighted by atomic mass is 10.2. The fourth-order valence-electron chi connectivity index (χ4n) is 1.50. The van der Waals surface area contributed by atoms with Crippen LogP contribution in [0.3, 0.4) is 0 Å². The van der Waals surface area contributed by atoms with Gasteiger partial charge in [-0.2, -0.15) is 0 Å². The van der Waals surface area contributed by atoms with Crippen LogP contribution in [0, 0.1) is 3.57 Å². The van der Waals surface area contributed by atoms with Crippen LogP contribution in [0.5, 0.6) is 11.5 Å². The summed E-state index contributed by atoms with van der Waals surface area (Å²) in [6.07, 6.45) is 1.72. The number of rotatable bonds is 3. The second-order valence-electron chi connectivity index (χ2n) is 3.79. The number of halogens is 2. The molecule has 1 N–H and O–H groups in total. The molecule has 2 aromatic carbocycles. The third-order valence-corrected chi connectivity index (χ3v) is 3.53. The number of aliphatic imine (C=N–C) groups is 1. The van der Waals surface area contributed by atoms with Crippen LogP contribution >= 0.6 is 34.2 Å². The highest BCUT2D eigenvalue weighted by Gasteiger charge is 2.07. The zero-order valence-corrected chi connectivity index (χ0v) is 13.0. The van der Waals surface area contributed by atoms with Crippen molar-refractivity contribution >= 4 is 46.1 Å². The van der Waals surface area contributed by atoms with Gasteiger partial charge >= 0.3 is 0 Å². The van der Waals surface area contributed by atoms with Gasteiger partial charge in [-0.1, -0.05) is 11.6 Å². The molecule has 3 nitrogen and oxygen atoms in total. The molecular formula is C14H11ClINO2. The average Bonchev–Trinajstić information content (AvgIpc) is 2.41. The number of phenolic OH excluding ortho intramolecular Hbond substituents is 1. The van der Waals surface area contributed by atoms with Gasteiger partial charge in [-0.3, -0.25) is 4.99 Å². The SMILES string of the molecule is COc1cc(C=Nc2ccc(Cl)cc2)cc(I)c1O. The van der Waals surface area contributed by atoms with Gasteiger partial charge < -0.3 is 9.84 Å². The predicted molar refractivity (Wildman–Crippen MR) is 86.1 cm³/mol. The lowest BCUT2D eigenvalue weighted by Gasteiger charge is -2.06. The molecular weight excluding hydrogens is 377 g/mol. The van der Waals surface area contributed by atoms with Crippen LogP contribution in [-0.4, -0.2) is 18.4 Å². The normalized spacial score (nSPS) is 10.9. The Morgan fingerprint density at radius 2 is 1.95 bits per heavy atom. The maximum absolute atomic E-state index is 9.75. The fraction of sp³-hybridized carbons (Fsp3) is 0.0714. The molecule has 98 valence electrons. The van der Waals surface area contributed by atoms with E-state index in [0.717, 1.165) is 14.8 Å². The summed E-state index contributed by atoms with van der Waals surface area (Å²) in [7, 11) is 1.52. The highest BCUT2D eigenvalue weighted by Crippen LogP contribution is 2.32. The van der Waals surface area contributed by atoms with Gasteiger partial charge in [-0.05, 0) is 64.6 Å². The first kappa shape index (κ1) is 14.1. The van der Waals surface area contributed by atoms with Gasteiger partial charge in [0.15, 0.2) is 11.5 Å². The van der Waals surface area contributed by atoms with Crippen LogP contribution in [-0.2, 0) is 0 Å². The molecule has 0 aliphatic carbocycles. The second kappa shape index (κ2) is 6.25. The first-order valence-electron chi connectivity index (χ1n) is 5.46. The van der Waals surface area contributed by atoms with Crippen LogP contribution in [0.2, 0.25) is 5.02 Å². The van der Waals surface area contributed by atoms with Crippen molar-refractivity contribution < 1.29 is 9.84 Å². The number of methoxy groups -OCH3 is 1. The van der Waals surface area contributed by atoms with E-state index in [-0.39, 0.29) is 5.75 Å². The number of nitrogens with zero attached hydrogens (tertiary/aromatic N) is 1. The Labute approximate surface area is 130 Å². The van der Waals surface area contributed by atoms with Gasteiger partial charge in [-0.25, -0.2) is 0 Å². The maximum Gasteiger partial charge on any atom is 0.171 e. The first-order chi connectivity index (χ1) is 9.10. The van der Waals surface area contributed by atoms with Gasteiger partial charge in [-0.15, -0.1) is 0 Å². The Bertz CT molecular complexity index is 612. The van der Waals surface area contributed by atoms with Crippen LogP contribution < -0.4 is 4.74 Å². The monoisotopic (exact) mass is 387 g/mol. The predicted octanol–water partition coefficient (Wildman–Crippen LogP) is 4.41. The smallest absolute Gasteiger partial charge is 0.171 e. The Morgan fingerprint density at radius 1 is 1.26 bits per heavy atom. The van der Waals surface area contributed by atoms with E-state index in [1.807, 2.05) is 40.8 Å². The fourth-order valence-corrected chi connectivity index (χ4v) is 2.25. The summed E-state index contributed by atoms with van der Waals surface area (Å²) in [6, 6.07) is 10.8. The second-order valence-corrected chi connectivity index (χ2v) is 5.39. The zero-order valence-electron chi connectivity index (χ0n) is 10.1. The van der Waals surface area contributed by atoms with Crippen molar-refractivity contribution in [2.24, 2.45) is 4.99 Å². The largest absolute Gasteiger partial charge is 0.504 e. The van der Waals surface area contributed by atoms with E-state index < -0.39 is 0 Å². The highest BCUT2D eigenvalue weighted by molar-refractivity contribution is 14.1. The summed E-state index contributed by atoms with van der Waals surface area (Å²) in [5.74, 6) is 0.580. The summed E-state index contributed by atoms with van der Waals surface area (Å²) in [5.41, 5.74) is 1.67. The summed E-state index contributed by atoms with van der Waals surface area (Å²) in [6.45, 7) is 0. The summed E-state index contributed by atoms with van der Waals surface area (Å²) >= 11 is 7.86. The van der Waals surface area contributed by atoms with Gasteiger partial charge in [0.2, 0.25) is 0 Å². The molecule has 0 saturated heterocycles. The number of benzene rings is 2. The number of ether oxygens (including phenoxy) is 1. The lowest BCUT2D eigenvalue weighted by molar-refractivity contribution is 0.371. The molecule has 19 heavy (non-hydrogen) atoms. The first-order valence-corrected chi connectivity index (χ1v) is 6.92. The van der Waals surface area contributed by atoms with Crippen molar-refractivity contribution in [1.29, 1.82) is 0 Å². The van der Waals surface area contributed by atoms with E-state index in [9.17, 15) is 5.11 Å². The molecule has 0 atom stereocenters. The number of hydrogen-bond acceptors (Lipinski definition) is 3. The molecule has 0 aliphatic heterocycles. The van der Waals surface area contributed by atoms with Crippen LogP contribution in [0.4, 0.5) is 5.69 Å². The molecule has 0 radical (unpaired) electrons. The number of hydrogen-bond donors (Lipinski definition) is 1. The number of aromatic hydroxyl groups is 1. The van der Waals surface area contributed by atoms with Gasteiger partial charge in [0.05, 0.1) is 16.4 Å². The Balaban J connectivity index is 2.28. The summed E-state index contributed by atoms with van der Waals surface area (Å²) in [5, 5.41) is 10.4. The molecule has 5 heteroatoms. The Morgan fingerprint density at radius 3 is 2.58 bits per heavy atom. The average molecular weight is 388 g/mol. The van der Waals surface area contributed by atoms with Crippen molar-refractivity contribution in [3.8, 4) is 11.5 Å². The van der Waals surface area contributed by atoms with Crippen LogP contribution in [0.15, 0.2) is 41.4 Å². The quantitative estimate of drug-likeness (QED) is 0.626. The topological polar surface area (TPSA) is 41.8 Å². The molecule has 0 unspecified atom stereocenters. The van der Waals surface area contributed by atoms with Crippen molar-refractivity contribution in [1.82, 2.24) is 0 Å². The van der Waals surface area contributed by atoms with E-state index >= 15 is 0 Å². The van der Waals surface area contributed by atoms with Gasteiger partial charge in [0.25, 0.3) is 0 Å². The zero-order chi connectivity index (χ0) is 13.8. The molecule has 0 saturated carbocycles. The lowest BCUT2D eigenvalue weighted by Crippen LogP contribution is -1.90. The molecule has 0 heterocycles. The standard InChI is InChI=1S/C14H11ClINO2/c1-19-13-7-9(6-12(16)14(13)18)8-17-11-4-2-10(15)3-5-11/h2-8,18H,1H3. The van der Waals surface area contributed by atoms with Gasteiger partial charge in [0.1, 0.15) is 0 Å². The van der Waals surface area contributed by atoms with E-state index in [2.05, 4.69) is 4.99 Å². The molecule has 0 spiro atoms. The highest BCUT2D eigenvalue weighted by atomic mass is 127. The van der Waals surface area contributed by atoms with Crippen LogP contribution in [0.25, 0.3) is 0 Å². The molecule has 0 fully saturated rings. The molecule has 2 aromatic rings. The minimum atomic E-state index is 0.145. The number of phenols is 1. The molecule has 0 bridgehead atoms. The Hall–Kier alpha value is -1.27. The van der Waals surface area contributed by atoms with E-state index in [4.69, 9.17) is 16.3 Å². The Kier molecular flexibility index (Phi) is 4.66. The minimum absolute atomic E-state index is 0.145. The van der Waals surface area contributed by atoms with Crippen molar-refractivity contribution in [3.63, 3.8) is 0 Å². The summed E-state index contributed by atoms with van der Waals surface area (Å²) in [4.78, 5) is 4.34. The van der Waals surface area contributed by atoms with Crippen molar-refractivity contribution in [2.45, 2.75) is 0 Å². The van der Waals surface area contributed by atoms with E-state index in [1.165, 1.54) is 7.11 Å². The van der Waals surface area contributed by atoms with E-state index in [1.54, 1.807) is 24.4 Å². The van der Waals surface area contributed by atoms with Crippen LogP contribution in [0.1, 0.15) is 5.56 Å². The van der Waals surface area contributed by atoms with Crippen molar-refractivity contribution in [3.05, 3.63) is 50.6 Å². The molecule has 0 aromatic heterocycles.